The zero-order valence-corrected chi connectivity index (χ0v) is 16.5. The molecule has 1 aromatic heterocycles. The lowest BCUT2D eigenvalue weighted by Gasteiger charge is -2.30. The van der Waals surface area contributed by atoms with Gasteiger partial charge in [-0.15, -0.1) is 11.8 Å². The van der Waals surface area contributed by atoms with Crippen LogP contribution >= 0.6 is 11.8 Å². The van der Waals surface area contributed by atoms with Crippen molar-refractivity contribution in [3.05, 3.63) is 42.2 Å². The highest BCUT2D eigenvalue weighted by atomic mass is 32.2. The molecule has 1 fully saturated rings. The molecule has 144 valence electrons. The van der Waals surface area contributed by atoms with Gasteiger partial charge in [0.15, 0.2) is 0 Å². The minimum absolute atomic E-state index is 0.126. The second-order valence-electron chi connectivity index (χ2n) is 6.87. The van der Waals surface area contributed by atoms with E-state index in [9.17, 15) is 9.90 Å². The van der Waals surface area contributed by atoms with E-state index in [1.807, 2.05) is 30.5 Å². The number of nitrogens with zero attached hydrogens (tertiary/aromatic N) is 3. The first-order valence-electron chi connectivity index (χ1n) is 8.77. The third kappa shape index (κ3) is 4.70. The maximum absolute atomic E-state index is 11.5. The first kappa shape index (κ1) is 19.4. The van der Waals surface area contributed by atoms with Crippen molar-refractivity contribution in [3.8, 4) is 0 Å². The van der Waals surface area contributed by atoms with Crippen LogP contribution in [0.2, 0.25) is 0 Å². The normalized spacial score (nSPS) is 18.5. The molecule has 0 unspecified atom stereocenters. The molecule has 1 aliphatic heterocycles. The lowest BCUT2D eigenvalue weighted by molar-refractivity contribution is -0.0421. The first-order chi connectivity index (χ1) is 12.9. The fraction of sp³-hybridized carbons (Fsp3) is 0.421. The molecule has 1 saturated heterocycles. The molecule has 7 nitrogen and oxygen atoms in total. The number of benzene rings is 1. The maximum atomic E-state index is 11.5. The summed E-state index contributed by atoms with van der Waals surface area (Å²) < 4.78 is 5.64. The maximum Gasteiger partial charge on any atom is 0.409 e. The molecule has 1 aromatic carbocycles. The number of aromatic nitrogens is 2. The molecule has 0 bridgehead atoms. The van der Waals surface area contributed by atoms with Crippen LogP contribution < -0.4 is 5.32 Å². The molecule has 1 aliphatic rings. The van der Waals surface area contributed by atoms with E-state index in [1.54, 1.807) is 38.0 Å². The van der Waals surface area contributed by atoms with Gasteiger partial charge in [-0.2, -0.15) is 0 Å². The lowest BCUT2D eigenvalue weighted by Crippen LogP contribution is -2.47. The molecule has 0 spiro atoms. The van der Waals surface area contributed by atoms with Crippen molar-refractivity contribution >= 4 is 29.5 Å². The molecule has 27 heavy (non-hydrogen) atoms. The van der Waals surface area contributed by atoms with Gasteiger partial charge < -0.3 is 15.2 Å². The number of ether oxygens (including phenoxy) is 1. The Labute approximate surface area is 163 Å². The second kappa shape index (κ2) is 8.14. The van der Waals surface area contributed by atoms with Crippen LogP contribution in [0, 0.1) is 0 Å². The molecular formula is C19H24N4O3S. The van der Waals surface area contributed by atoms with Crippen molar-refractivity contribution < 1.29 is 14.6 Å². The van der Waals surface area contributed by atoms with Gasteiger partial charge in [-0.3, -0.25) is 4.90 Å². The third-order valence-electron chi connectivity index (χ3n) is 4.62. The van der Waals surface area contributed by atoms with Crippen LogP contribution in [0.15, 0.2) is 41.6 Å². The number of thioether (sulfide) groups is 1. The van der Waals surface area contributed by atoms with Crippen LogP contribution in [0.3, 0.4) is 0 Å². The van der Waals surface area contributed by atoms with Crippen molar-refractivity contribution in [2.24, 2.45) is 0 Å². The number of amides is 1. The number of carboxylic acid groups (broad SMARTS) is 1. The lowest BCUT2D eigenvalue weighted by atomic mass is 10.0. The fourth-order valence-corrected chi connectivity index (χ4v) is 3.50. The van der Waals surface area contributed by atoms with Gasteiger partial charge in [-0.25, -0.2) is 14.8 Å². The minimum Gasteiger partial charge on any atom is -0.465 e. The topological polar surface area (TPSA) is 87.6 Å². The predicted octanol–water partition coefficient (Wildman–Crippen LogP) is 3.99. The van der Waals surface area contributed by atoms with E-state index < -0.39 is 11.8 Å². The summed E-state index contributed by atoms with van der Waals surface area (Å²) in [7, 11) is 0. The third-order valence-corrected chi connectivity index (χ3v) is 5.30. The van der Waals surface area contributed by atoms with Gasteiger partial charge in [0, 0.05) is 23.0 Å². The molecule has 0 saturated carbocycles. The number of carbonyl (C=O) groups is 1. The van der Waals surface area contributed by atoms with E-state index in [2.05, 4.69) is 15.3 Å². The Morgan fingerprint density at radius 2 is 2.00 bits per heavy atom. The molecule has 2 heterocycles. The van der Waals surface area contributed by atoms with Crippen molar-refractivity contribution in [3.63, 3.8) is 0 Å². The summed E-state index contributed by atoms with van der Waals surface area (Å²) in [4.78, 5) is 22.5. The standard InChI is InChI=1S/C19H24N4O3S/c1-19(2)23(18(24)25)15(12-26-19)9-6-13-4-7-14(8-5-13)22-17-20-10-16(27-3)11-21-17/h4-5,7-8,10-11,15H,6,9,12H2,1-3H3,(H,24,25)(H,20,21,22)/t15-/m0/s1. The Bertz CT molecular complexity index is 781. The molecule has 1 atom stereocenters. The molecule has 8 heteroatoms. The molecule has 2 N–H and O–H groups in total. The Hall–Kier alpha value is -2.32. The van der Waals surface area contributed by atoms with E-state index >= 15 is 0 Å². The Kier molecular flexibility index (Phi) is 5.86. The number of rotatable bonds is 6. The molecule has 2 aromatic rings. The second-order valence-corrected chi connectivity index (χ2v) is 7.75. The zero-order valence-electron chi connectivity index (χ0n) is 15.7. The molecule has 1 amide bonds. The van der Waals surface area contributed by atoms with E-state index in [0.29, 0.717) is 12.6 Å². The van der Waals surface area contributed by atoms with Crippen molar-refractivity contribution in [2.45, 2.75) is 43.4 Å². The number of hydrogen-bond acceptors (Lipinski definition) is 6. The zero-order chi connectivity index (χ0) is 19.4. The number of nitrogens with one attached hydrogen (secondary N) is 1. The van der Waals surface area contributed by atoms with Crippen molar-refractivity contribution in [1.29, 1.82) is 0 Å². The van der Waals surface area contributed by atoms with Crippen molar-refractivity contribution in [2.75, 3.05) is 18.2 Å². The van der Waals surface area contributed by atoms with Gasteiger partial charge in [0.05, 0.1) is 12.6 Å². The van der Waals surface area contributed by atoms with E-state index in [0.717, 1.165) is 29.0 Å². The summed E-state index contributed by atoms with van der Waals surface area (Å²) in [5.41, 5.74) is 1.29. The van der Waals surface area contributed by atoms with E-state index in [-0.39, 0.29) is 6.04 Å². The van der Waals surface area contributed by atoms with Gasteiger partial charge in [0.25, 0.3) is 0 Å². The quantitative estimate of drug-likeness (QED) is 0.724. The average Bonchev–Trinajstić information content (AvgIpc) is 2.96. The SMILES string of the molecule is CSc1cnc(Nc2ccc(CC[C@H]3COC(C)(C)N3C(=O)O)cc2)nc1. The highest BCUT2D eigenvalue weighted by Gasteiger charge is 2.43. The highest BCUT2D eigenvalue weighted by molar-refractivity contribution is 7.98. The van der Waals surface area contributed by atoms with Gasteiger partial charge in [-0.1, -0.05) is 12.1 Å². The minimum atomic E-state index is -0.936. The van der Waals surface area contributed by atoms with Crippen LogP contribution in [0.1, 0.15) is 25.8 Å². The van der Waals surface area contributed by atoms with Crippen molar-refractivity contribution in [1.82, 2.24) is 14.9 Å². The van der Waals surface area contributed by atoms with Gasteiger partial charge in [0.1, 0.15) is 5.72 Å². The predicted molar refractivity (Wildman–Crippen MR) is 106 cm³/mol. The summed E-state index contributed by atoms with van der Waals surface area (Å²) in [6.07, 6.45) is 6.13. The Balaban J connectivity index is 1.57. The largest absolute Gasteiger partial charge is 0.465 e. The molecule has 0 radical (unpaired) electrons. The fourth-order valence-electron chi connectivity index (χ4n) is 3.19. The van der Waals surface area contributed by atoms with Gasteiger partial charge >= 0.3 is 6.09 Å². The molecule has 0 aliphatic carbocycles. The number of hydrogen-bond donors (Lipinski definition) is 2. The number of anilines is 2. The van der Waals surface area contributed by atoms with Crippen LogP contribution in [0.25, 0.3) is 0 Å². The average molecular weight is 388 g/mol. The van der Waals surface area contributed by atoms with E-state index in [4.69, 9.17) is 4.74 Å². The number of aryl methyl sites for hydroxylation is 1. The van der Waals surface area contributed by atoms with Gasteiger partial charge in [-0.05, 0) is 50.6 Å². The summed E-state index contributed by atoms with van der Waals surface area (Å²) in [5.74, 6) is 0.558. The Morgan fingerprint density at radius 1 is 1.33 bits per heavy atom. The summed E-state index contributed by atoms with van der Waals surface area (Å²) in [6, 6.07) is 7.89. The smallest absolute Gasteiger partial charge is 0.409 e. The van der Waals surface area contributed by atoms with Gasteiger partial charge in [0.2, 0.25) is 5.95 Å². The molecular weight excluding hydrogens is 364 g/mol. The van der Waals surface area contributed by atoms with Crippen LogP contribution in [0.5, 0.6) is 0 Å². The molecule has 3 rings (SSSR count). The summed E-state index contributed by atoms with van der Waals surface area (Å²) in [6.45, 7) is 4.01. The summed E-state index contributed by atoms with van der Waals surface area (Å²) in [5, 5.41) is 12.6. The van der Waals surface area contributed by atoms with E-state index in [1.165, 1.54) is 4.90 Å². The summed E-state index contributed by atoms with van der Waals surface area (Å²) >= 11 is 1.60. The van der Waals surface area contributed by atoms with Crippen LogP contribution in [-0.4, -0.2) is 50.7 Å². The first-order valence-corrected chi connectivity index (χ1v) is 10.00. The van der Waals surface area contributed by atoms with Crippen LogP contribution in [0.4, 0.5) is 16.4 Å². The Morgan fingerprint density at radius 3 is 2.59 bits per heavy atom. The van der Waals surface area contributed by atoms with Crippen LogP contribution in [-0.2, 0) is 11.2 Å². The monoisotopic (exact) mass is 388 g/mol. The highest BCUT2D eigenvalue weighted by Crippen LogP contribution is 2.29.